The second-order valence-electron chi connectivity index (χ2n) is 4.21. The van der Waals surface area contributed by atoms with Gasteiger partial charge in [-0.05, 0) is 32.8 Å². The number of H-pyrrole nitrogens is 1. The zero-order valence-corrected chi connectivity index (χ0v) is 11.0. The van der Waals surface area contributed by atoms with E-state index < -0.39 is 0 Å². The van der Waals surface area contributed by atoms with E-state index in [2.05, 4.69) is 40.4 Å². The number of aromatic nitrogens is 2. The number of nitrogens with two attached hydrogens (primary N) is 1. The summed E-state index contributed by atoms with van der Waals surface area (Å²) >= 11 is 1.70. The lowest BCUT2D eigenvalue weighted by molar-refractivity contribution is 0.336. The molecule has 2 aromatic heterocycles. The minimum Gasteiger partial charge on any atom is -0.363 e. The number of rotatable bonds is 5. The molecule has 92 valence electrons. The molecule has 1 unspecified atom stereocenters. The van der Waals surface area contributed by atoms with Gasteiger partial charge < -0.3 is 10.7 Å². The topological polar surface area (TPSA) is 57.9 Å². The van der Waals surface area contributed by atoms with Gasteiger partial charge in [0.25, 0.3) is 0 Å². The molecular formula is C12H18N4S. The molecule has 5 heteroatoms. The number of aromatic amines is 1. The van der Waals surface area contributed by atoms with Gasteiger partial charge in [0, 0.05) is 23.7 Å². The van der Waals surface area contributed by atoms with E-state index in [1.807, 2.05) is 12.3 Å². The number of nitrogens with zero attached hydrogens (tertiary/aromatic N) is 2. The standard InChI is InChI=1S/C12H18N4S/c1-16(2)11(10-4-3-7-14-10)12-15-9(5-6-13)8-17-12/h3-4,7-8,11,14H,5-6,13H2,1-2H3. The third-order valence-electron chi connectivity index (χ3n) is 2.64. The molecule has 2 aromatic rings. The Morgan fingerprint density at radius 2 is 2.35 bits per heavy atom. The molecular weight excluding hydrogens is 232 g/mol. The molecule has 2 rings (SSSR count). The molecule has 17 heavy (non-hydrogen) atoms. The maximum atomic E-state index is 5.55. The average molecular weight is 250 g/mol. The molecule has 0 saturated carbocycles. The Hall–Kier alpha value is -1.17. The molecule has 2 heterocycles. The van der Waals surface area contributed by atoms with Gasteiger partial charge in [-0.3, -0.25) is 4.90 Å². The first-order valence-electron chi connectivity index (χ1n) is 5.66. The van der Waals surface area contributed by atoms with Crippen LogP contribution < -0.4 is 5.73 Å². The van der Waals surface area contributed by atoms with E-state index in [-0.39, 0.29) is 6.04 Å². The summed E-state index contributed by atoms with van der Waals surface area (Å²) in [5, 5.41) is 3.21. The number of hydrogen-bond donors (Lipinski definition) is 2. The monoisotopic (exact) mass is 250 g/mol. The van der Waals surface area contributed by atoms with E-state index in [1.165, 1.54) is 5.69 Å². The maximum absolute atomic E-state index is 5.55. The van der Waals surface area contributed by atoms with Crippen LogP contribution in [0.2, 0.25) is 0 Å². The van der Waals surface area contributed by atoms with E-state index in [4.69, 9.17) is 5.73 Å². The molecule has 0 saturated heterocycles. The maximum Gasteiger partial charge on any atom is 0.116 e. The fourth-order valence-electron chi connectivity index (χ4n) is 1.86. The van der Waals surface area contributed by atoms with Crippen molar-refractivity contribution in [1.82, 2.24) is 14.9 Å². The molecule has 0 radical (unpaired) electrons. The molecule has 0 fully saturated rings. The van der Waals surface area contributed by atoms with Gasteiger partial charge in [0.1, 0.15) is 11.0 Å². The molecule has 3 N–H and O–H groups in total. The molecule has 0 bridgehead atoms. The Morgan fingerprint density at radius 3 is 2.94 bits per heavy atom. The lowest BCUT2D eigenvalue weighted by atomic mass is 10.2. The van der Waals surface area contributed by atoms with E-state index >= 15 is 0 Å². The lowest BCUT2D eigenvalue weighted by Gasteiger charge is -2.21. The van der Waals surface area contributed by atoms with Crippen LogP contribution in [0, 0.1) is 0 Å². The Bertz CT molecular complexity index is 447. The Morgan fingerprint density at radius 1 is 1.53 bits per heavy atom. The summed E-state index contributed by atoms with van der Waals surface area (Å²) in [5.74, 6) is 0. The summed E-state index contributed by atoms with van der Waals surface area (Å²) in [4.78, 5) is 10.1. The Balaban J connectivity index is 2.26. The Kier molecular flexibility index (Phi) is 3.93. The van der Waals surface area contributed by atoms with Crippen molar-refractivity contribution in [2.45, 2.75) is 12.5 Å². The summed E-state index contributed by atoms with van der Waals surface area (Å²) in [6.45, 7) is 0.651. The highest BCUT2D eigenvalue weighted by Gasteiger charge is 2.20. The van der Waals surface area contributed by atoms with Crippen LogP contribution in [0.4, 0.5) is 0 Å². The zero-order valence-electron chi connectivity index (χ0n) is 10.2. The fourth-order valence-corrected chi connectivity index (χ4v) is 2.92. The van der Waals surface area contributed by atoms with Crippen molar-refractivity contribution in [2.24, 2.45) is 5.73 Å². The zero-order chi connectivity index (χ0) is 12.3. The quantitative estimate of drug-likeness (QED) is 0.848. The largest absolute Gasteiger partial charge is 0.363 e. The molecule has 0 aliphatic rings. The third kappa shape index (κ3) is 2.74. The second-order valence-corrected chi connectivity index (χ2v) is 5.10. The number of hydrogen-bond acceptors (Lipinski definition) is 4. The van der Waals surface area contributed by atoms with Crippen molar-refractivity contribution < 1.29 is 0 Å². The van der Waals surface area contributed by atoms with Gasteiger partial charge >= 0.3 is 0 Å². The van der Waals surface area contributed by atoms with Crippen molar-refractivity contribution in [2.75, 3.05) is 20.6 Å². The summed E-state index contributed by atoms with van der Waals surface area (Å²) in [7, 11) is 4.13. The van der Waals surface area contributed by atoms with E-state index in [9.17, 15) is 0 Å². The minimum absolute atomic E-state index is 0.196. The molecule has 0 aliphatic heterocycles. The summed E-state index contributed by atoms with van der Waals surface area (Å²) < 4.78 is 0. The number of nitrogens with one attached hydrogen (secondary N) is 1. The van der Waals surface area contributed by atoms with Gasteiger partial charge in [-0.2, -0.15) is 0 Å². The highest BCUT2D eigenvalue weighted by atomic mass is 32.1. The Labute approximate surface area is 105 Å². The fraction of sp³-hybridized carbons (Fsp3) is 0.417. The van der Waals surface area contributed by atoms with Gasteiger partial charge in [0.2, 0.25) is 0 Å². The van der Waals surface area contributed by atoms with E-state index in [0.29, 0.717) is 6.54 Å². The average Bonchev–Trinajstić information content (AvgIpc) is 2.91. The van der Waals surface area contributed by atoms with Crippen LogP contribution in [0.25, 0.3) is 0 Å². The molecule has 0 aliphatic carbocycles. The second kappa shape index (κ2) is 5.44. The molecule has 0 aromatic carbocycles. The predicted molar refractivity (Wildman–Crippen MR) is 71.2 cm³/mol. The van der Waals surface area contributed by atoms with E-state index in [0.717, 1.165) is 17.1 Å². The van der Waals surface area contributed by atoms with Crippen LogP contribution in [-0.4, -0.2) is 35.5 Å². The molecule has 4 nitrogen and oxygen atoms in total. The van der Waals surface area contributed by atoms with Crippen LogP contribution in [0.15, 0.2) is 23.7 Å². The molecule has 0 spiro atoms. The first kappa shape index (κ1) is 12.3. The molecule has 1 atom stereocenters. The van der Waals surface area contributed by atoms with Gasteiger partial charge in [-0.25, -0.2) is 4.98 Å². The first-order chi connectivity index (χ1) is 8.22. The van der Waals surface area contributed by atoms with Gasteiger partial charge in [-0.1, -0.05) is 0 Å². The highest BCUT2D eigenvalue weighted by molar-refractivity contribution is 7.09. The summed E-state index contributed by atoms with van der Waals surface area (Å²) in [6, 6.07) is 4.30. The number of thiazole rings is 1. The smallest absolute Gasteiger partial charge is 0.116 e. The van der Waals surface area contributed by atoms with Gasteiger partial charge in [-0.15, -0.1) is 11.3 Å². The van der Waals surface area contributed by atoms with Crippen LogP contribution >= 0.6 is 11.3 Å². The van der Waals surface area contributed by atoms with Crippen LogP contribution in [0.1, 0.15) is 22.4 Å². The lowest BCUT2D eigenvalue weighted by Crippen LogP contribution is -2.21. The van der Waals surface area contributed by atoms with Crippen molar-refractivity contribution in [3.63, 3.8) is 0 Å². The minimum atomic E-state index is 0.196. The predicted octanol–water partition coefficient (Wildman–Crippen LogP) is 1.62. The first-order valence-corrected chi connectivity index (χ1v) is 6.54. The third-order valence-corrected chi connectivity index (χ3v) is 3.58. The van der Waals surface area contributed by atoms with Crippen LogP contribution in [0.5, 0.6) is 0 Å². The van der Waals surface area contributed by atoms with Crippen LogP contribution in [0.3, 0.4) is 0 Å². The SMILES string of the molecule is CN(C)C(c1ccc[nH]1)c1nc(CCN)cs1. The molecule has 0 amide bonds. The van der Waals surface area contributed by atoms with Crippen molar-refractivity contribution >= 4 is 11.3 Å². The highest BCUT2D eigenvalue weighted by Crippen LogP contribution is 2.28. The normalized spacial score (nSPS) is 13.2. The van der Waals surface area contributed by atoms with Crippen molar-refractivity contribution in [1.29, 1.82) is 0 Å². The van der Waals surface area contributed by atoms with Crippen LogP contribution in [-0.2, 0) is 6.42 Å². The van der Waals surface area contributed by atoms with Gasteiger partial charge in [0.05, 0.1) is 5.69 Å². The summed E-state index contributed by atoms with van der Waals surface area (Å²) in [6.07, 6.45) is 2.79. The van der Waals surface area contributed by atoms with Crippen molar-refractivity contribution in [3.05, 3.63) is 40.1 Å². The summed E-state index contributed by atoms with van der Waals surface area (Å²) in [5.41, 5.74) is 7.81. The van der Waals surface area contributed by atoms with Crippen molar-refractivity contribution in [3.8, 4) is 0 Å². The van der Waals surface area contributed by atoms with E-state index in [1.54, 1.807) is 11.3 Å². The van der Waals surface area contributed by atoms with Gasteiger partial charge in [0.15, 0.2) is 0 Å².